The molecule has 2 fully saturated rings. The standard InChI is InChI=1S/C9H14O3/c1-2-12-8(10)6-3-7-5-9(7,11)4-6/h6-7,11H,2-5H2,1H3/t6-,7?,9+/m0/s1. The van der Waals surface area contributed by atoms with Crippen molar-refractivity contribution in [3.8, 4) is 0 Å². The molecule has 12 heavy (non-hydrogen) atoms. The molecule has 2 rings (SSSR count). The maximum atomic E-state index is 11.2. The average Bonchev–Trinajstić information content (AvgIpc) is 2.51. The first-order valence-corrected chi connectivity index (χ1v) is 4.55. The quantitative estimate of drug-likeness (QED) is 0.621. The van der Waals surface area contributed by atoms with E-state index in [0.717, 1.165) is 12.8 Å². The predicted octanol–water partition coefficient (Wildman–Crippen LogP) is 0.711. The van der Waals surface area contributed by atoms with Crippen molar-refractivity contribution in [2.75, 3.05) is 6.61 Å². The molecule has 0 aromatic carbocycles. The highest BCUT2D eigenvalue weighted by Gasteiger charge is 2.60. The number of esters is 1. The van der Waals surface area contributed by atoms with E-state index in [1.807, 2.05) is 6.92 Å². The molecule has 0 aliphatic heterocycles. The monoisotopic (exact) mass is 170 g/mol. The lowest BCUT2D eigenvalue weighted by molar-refractivity contribution is -0.148. The summed E-state index contributed by atoms with van der Waals surface area (Å²) in [5, 5.41) is 9.65. The molecule has 2 saturated carbocycles. The van der Waals surface area contributed by atoms with Crippen LogP contribution >= 0.6 is 0 Å². The Morgan fingerprint density at radius 1 is 1.67 bits per heavy atom. The number of ether oxygens (including phenoxy) is 1. The largest absolute Gasteiger partial charge is 0.466 e. The Bertz CT molecular complexity index is 214. The maximum absolute atomic E-state index is 11.2. The van der Waals surface area contributed by atoms with Crippen LogP contribution in [0.2, 0.25) is 0 Å². The van der Waals surface area contributed by atoms with Crippen LogP contribution in [0.5, 0.6) is 0 Å². The first kappa shape index (κ1) is 8.05. The molecule has 2 aliphatic carbocycles. The summed E-state index contributed by atoms with van der Waals surface area (Å²) in [6, 6.07) is 0. The fourth-order valence-corrected chi connectivity index (χ4v) is 2.21. The summed E-state index contributed by atoms with van der Waals surface area (Å²) < 4.78 is 4.89. The van der Waals surface area contributed by atoms with E-state index in [1.54, 1.807) is 0 Å². The molecule has 0 bridgehead atoms. The van der Waals surface area contributed by atoms with Crippen molar-refractivity contribution in [1.82, 2.24) is 0 Å². The molecular weight excluding hydrogens is 156 g/mol. The molecule has 3 atom stereocenters. The first-order valence-electron chi connectivity index (χ1n) is 4.55. The van der Waals surface area contributed by atoms with Crippen molar-refractivity contribution in [2.24, 2.45) is 11.8 Å². The van der Waals surface area contributed by atoms with Gasteiger partial charge < -0.3 is 9.84 Å². The van der Waals surface area contributed by atoms with Crippen LogP contribution in [0, 0.1) is 11.8 Å². The first-order chi connectivity index (χ1) is 5.65. The summed E-state index contributed by atoms with van der Waals surface area (Å²) in [5.74, 6) is 0.221. The van der Waals surface area contributed by atoms with Crippen LogP contribution in [0.25, 0.3) is 0 Å². The smallest absolute Gasteiger partial charge is 0.309 e. The van der Waals surface area contributed by atoms with E-state index in [-0.39, 0.29) is 11.9 Å². The van der Waals surface area contributed by atoms with E-state index in [1.165, 1.54) is 0 Å². The Morgan fingerprint density at radius 2 is 2.42 bits per heavy atom. The lowest BCUT2D eigenvalue weighted by atomic mass is 10.0. The maximum Gasteiger partial charge on any atom is 0.309 e. The molecular formula is C9H14O3. The summed E-state index contributed by atoms with van der Waals surface area (Å²) in [6.45, 7) is 2.25. The van der Waals surface area contributed by atoms with Crippen LogP contribution in [0.4, 0.5) is 0 Å². The Balaban J connectivity index is 1.88. The molecule has 1 N–H and O–H groups in total. The highest BCUT2D eigenvalue weighted by Crippen LogP contribution is 2.58. The van der Waals surface area contributed by atoms with Gasteiger partial charge in [0.05, 0.1) is 18.1 Å². The van der Waals surface area contributed by atoms with Gasteiger partial charge in [0.1, 0.15) is 0 Å². The van der Waals surface area contributed by atoms with Crippen LogP contribution in [-0.2, 0) is 9.53 Å². The van der Waals surface area contributed by atoms with Gasteiger partial charge in [-0.25, -0.2) is 0 Å². The highest BCUT2D eigenvalue weighted by atomic mass is 16.5. The van der Waals surface area contributed by atoms with Gasteiger partial charge in [-0.2, -0.15) is 0 Å². The number of hydrogen-bond acceptors (Lipinski definition) is 3. The zero-order valence-electron chi connectivity index (χ0n) is 7.25. The van der Waals surface area contributed by atoms with Crippen LogP contribution in [0.3, 0.4) is 0 Å². The Kier molecular flexibility index (Phi) is 1.65. The molecule has 0 saturated heterocycles. The molecule has 0 amide bonds. The van der Waals surface area contributed by atoms with Gasteiger partial charge in [-0.3, -0.25) is 4.79 Å². The molecule has 3 nitrogen and oxygen atoms in total. The van der Waals surface area contributed by atoms with E-state index < -0.39 is 5.60 Å². The van der Waals surface area contributed by atoms with E-state index in [9.17, 15) is 9.90 Å². The lowest BCUT2D eigenvalue weighted by Crippen LogP contribution is -2.18. The number of aliphatic hydroxyl groups is 1. The van der Waals surface area contributed by atoms with Crippen molar-refractivity contribution >= 4 is 5.97 Å². The van der Waals surface area contributed by atoms with Crippen molar-refractivity contribution in [2.45, 2.75) is 31.8 Å². The van der Waals surface area contributed by atoms with Gasteiger partial charge >= 0.3 is 5.97 Å². The highest BCUT2D eigenvalue weighted by molar-refractivity contribution is 5.73. The van der Waals surface area contributed by atoms with Crippen LogP contribution in [-0.4, -0.2) is 23.3 Å². The van der Waals surface area contributed by atoms with Gasteiger partial charge in [0.15, 0.2) is 0 Å². The lowest BCUT2D eigenvalue weighted by Gasteiger charge is -2.10. The predicted molar refractivity (Wildman–Crippen MR) is 42.4 cm³/mol. The minimum absolute atomic E-state index is 0.0336. The van der Waals surface area contributed by atoms with Gasteiger partial charge in [0.2, 0.25) is 0 Å². The van der Waals surface area contributed by atoms with Crippen molar-refractivity contribution in [3.63, 3.8) is 0 Å². The SMILES string of the molecule is CCOC(=O)[C@H]1CC2C[C@]2(O)C1. The normalized spacial score (nSPS) is 43.8. The van der Waals surface area contributed by atoms with Crippen LogP contribution in [0.1, 0.15) is 26.2 Å². The molecule has 2 aliphatic rings. The second kappa shape index (κ2) is 2.46. The van der Waals surface area contributed by atoms with Crippen molar-refractivity contribution in [3.05, 3.63) is 0 Å². The second-order valence-corrected chi connectivity index (χ2v) is 3.89. The van der Waals surface area contributed by atoms with Crippen molar-refractivity contribution in [1.29, 1.82) is 0 Å². The summed E-state index contributed by atoms with van der Waals surface area (Å²) in [6.07, 6.45) is 2.34. The van der Waals surface area contributed by atoms with Gasteiger partial charge in [-0.15, -0.1) is 0 Å². The Hall–Kier alpha value is -0.570. The summed E-state index contributed by atoms with van der Waals surface area (Å²) in [5.41, 5.74) is -0.489. The van der Waals surface area contributed by atoms with E-state index in [4.69, 9.17) is 4.74 Å². The second-order valence-electron chi connectivity index (χ2n) is 3.89. The zero-order valence-corrected chi connectivity index (χ0v) is 7.25. The van der Waals surface area contributed by atoms with Crippen molar-refractivity contribution < 1.29 is 14.6 Å². The minimum atomic E-state index is -0.489. The molecule has 1 unspecified atom stereocenters. The molecule has 0 radical (unpaired) electrons. The van der Waals surface area contributed by atoms with Gasteiger partial charge in [-0.1, -0.05) is 0 Å². The summed E-state index contributed by atoms with van der Waals surface area (Å²) in [7, 11) is 0. The molecule has 0 spiro atoms. The molecule has 3 heteroatoms. The fourth-order valence-electron chi connectivity index (χ4n) is 2.21. The van der Waals surface area contributed by atoms with Crippen LogP contribution < -0.4 is 0 Å². The third-order valence-corrected chi connectivity index (χ3v) is 2.99. The third kappa shape index (κ3) is 1.12. The van der Waals surface area contributed by atoms with Gasteiger partial charge in [0, 0.05) is 0 Å². The number of carbonyl (C=O) groups is 1. The third-order valence-electron chi connectivity index (χ3n) is 2.99. The van der Waals surface area contributed by atoms with E-state index in [0.29, 0.717) is 18.9 Å². The fraction of sp³-hybridized carbons (Fsp3) is 0.889. The molecule has 0 aromatic rings. The molecule has 0 aromatic heterocycles. The molecule has 68 valence electrons. The van der Waals surface area contributed by atoms with E-state index >= 15 is 0 Å². The number of rotatable bonds is 2. The molecule has 0 heterocycles. The number of carbonyl (C=O) groups excluding carboxylic acids is 1. The topological polar surface area (TPSA) is 46.5 Å². The number of fused-ring (bicyclic) bond motifs is 1. The van der Waals surface area contributed by atoms with Crippen LogP contribution in [0.15, 0.2) is 0 Å². The zero-order chi connectivity index (χ0) is 8.77. The van der Waals surface area contributed by atoms with Gasteiger partial charge in [-0.05, 0) is 32.1 Å². The number of hydrogen-bond donors (Lipinski definition) is 1. The van der Waals surface area contributed by atoms with Gasteiger partial charge in [0.25, 0.3) is 0 Å². The minimum Gasteiger partial charge on any atom is -0.466 e. The summed E-state index contributed by atoms with van der Waals surface area (Å²) in [4.78, 5) is 11.2. The Morgan fingerprint density at radius 3 is 2.92 bits per heavy atom. The van der Waals surface area contributed by atoms with E-state index in [2.05, 4.69) is 0 Å². The average molecular weight is 170 g/mol. The Labute approximate surface area is 71.7 Å². The summed E-state index contributed by atoms with van der Waals surface area (Å²) >= 11 is 0.